The summed E-state index contributed by atoms with van der Waals surface area (Å²) in [6, 6.07) is 6.06. The summed E-state index contributed by atoms with van der Waals surface area (Å²) in [6.07, 6.45) is 0. The van der Waals surface area contributed by atoms with Crippen molar-refractivity contribution in [3.63, 3.8) is 0 Å². The number of non-ortho nitro benzene ring substituents is 1. The van der Waals surface area contributed by atoms with E-state index in [9.17, 15) is 14.9 Å². The van der Waals surface area contributed by atoms with E-state index >= 15 is 0 Å². The first-order valence-corrected chi connectivity index (χ1v) is 5.98. The number of nitrogens with zero attached hydrogens (tertiary/aromatic N) is 1. The molecule has 1 N–H and O–H groups in total. The minimum absolute atomic E-state index is 0.0335. The summed E-state index contributed by atoms with van der Waals surface area (Å²) in [5.41, 5.74) is 0.216. The maximum atomic E-state index is 11.7. The third-order valence-electron chi connectivity index (χ3n) is 2.55. The molecule has 6 heteroatoms. The van der Waals surface area contributed by atoms with Gasteiger partial charge in [0, 0.05) is 24.6 Å². The van der Waals surface area contributed by atoms with E-state index in [1.807, 2.05) is 0 Å². The lowest BCUT2D eigenvalue weighted by atomic mass is 9.95. The lowest BCUT2D eigenvalue weighted by Gasteiger charge is -2.20. The van der Waals surface area contributed by atoms with E-state index in [1.54, 1.807) is 26.0 Å². The fourth-order valence-corrected chi connectivity index (χ4v) is 1.34. The zero-order valence-electron chi connectivity index (χ0n) is 10.3. The molecule has 98 valence electrons. The fraction of sp³-hybridized carbons (Fsp3) is 0.417. The quantitative estimate of drug-likeness (QED) is 0.507. The van der Waals surface area contributed by atoms with Crippen molar-refractivity contribution in [2.75, 3.05) is 5.88 Å². The predicted octanol–water partition coefficient (Wildman–Crippen LogP) is 2.48. The number of nitro benzene ring substituents is 1. The van der Waals surface area contributed by atoms with Gasteiger partial charge < -0.3 is 5.32 Å². The van der Waals surface area contributed by atoms with Crippen LogP contribution in [-0.2, 0) is 11.3 Å². The molecule has 0 aliphatic rings. The van der Waals surface area contributed by atoms with Crippen LogP contribution in [0.3, 0.4) is 0 Å². The Hall–Kier alpha value is -1.62. The smallest absolute Gasteiger partial charge is 0.269 e. The number of amides is 1. The monoisotopic (exact) mass is 270 g/mol. The molecule has 0 spiro atoms. The van der Waals surface area contributed by atoms with Gasteiger partial charge >= 0.3 is 0 Å². The fourth-order valence-electron chi connectivity index (χ4n) is 1.22. The number of hydrogen-bond donors (Lipinski definition) is 1. The number of hydrogen-bond acceptors (Lipinski definition) is 3. The number of alkyl halides is 1. The van der Waals surface area contributed by atoms with Gasteiger partial charge in [0.25, 0.3) is 5.69 Å². The second kappa shape index (κ2) is 5.82. The van der Waals surface area contributed by atoms with E-state index in [2.05, 4.69) is 5.32 Å². The largest absolute Gasteiger partial charge is 0.352 e. The van der Waals surface area contributed by atoms with Crippen LogP contribution in [0, 0.1) is 15.5 Å². The van der Waals surface area contributed by atoms with Gasteiger partial charge in [0.15, 0.2) is 0 Å². The third kappa shape index (κ3) is 3.70. The van der Waals surface area contributed by atoms with E-state index < -0.39 is 10.3 Å². The van der Waals surface area contributed by atoms with Gasteiger partial charge in [0.05, 0.1) is 10.3 Å². The topological polar surface area (TPSA) is 72.2 Å². The van der Waals surface area contributed by atoms with Crippen molar-refractivity contribution in [3.8, 4) is 0 Å². The minimum atomic E-state index is -0.623. The van der Waals surface area contributed by atoms with Crippen LogP contribution in [-0.4, -0.2) is 16.7 Å². The van der Waals surface area contributed by atoms with Crippen LogP contribution >= 0.6 is 11.6 Å². The minimum Gasteiger partial charge on any atom is -0.352 e. The van der Waals surface area contributed by atoms with Gasteiger partial charge in [-0.1, -0.05) is 12.1 Å². The standard InChI is InChI=1S/C12H15ClN2O3/c1-12(2,8-13)11(16)14-7-9-3-5-10(6-4-9)15(17)18/h3-6H,7-8H2,1-2H3,(H,14,16). The summed E-state index contributed by atoms with van der Waals surface area (Å²) in [4.78, 5) is 21.8. The van der Waals surface area contributed by atoms with Crippen molar-refractivity contribution >= 4 is 23.2 Å². The van der Waals surface area contributed by atoms with Gasteiger partial charge in [-0.15, -0.1) is 11.6 Å². The lowest BCUT2D eigenvalue weighted by Crippen LogP contribution is -2.37. The number of nitro groups is 1. The molecule has 0 saturated heterocycles. The van der Waals surface area contributed by atoms with E-state index in [4.69, 9.17) is 11.6 Å². The maximum absolute atomic E-state index is 11.7. The van der Waals surface area contributed by atoms with E-state index in [0.29, 0.717) is 6.54 Å². The summed E-state index contributed by atoms with van der Waals surface area (Å²) in [7, 11) is 0. The van der Waals surface area contributed by atoms with Crippen molar-refractivity contribution in [2.45, 2.75) is 20.4 Å². The molecule has 5 nitrogen and oxygen atoms in total. The molecular weight excluding hydrogens is 256 g/mol. The SMILES string of the molecule is CC(C)(CCl)C(=O)NCc1ccc([N+](=O)[O-])cc1. The number of nitrogens with one attached hydrogen (secondary N) is 1. The Bertz CT molecular complexity index is 443. The van der Waals surface area contributed by atoms with E-state index in [0.717, 1.165) is 5.56 Å². The van der Waals surface area contributed by atoms with E-state index in [-0.39, 0.29) is 17.5 Å². The molecule has 0 bridgehead atoms. The summed E-state index contributed by atoms with van der Waals surface area (Å²) >= 11 is 5.69. The molecule has 1 aromatic carbocycles. The summed E-state index contributed by atoms with van der Waals surface area (Å²) in [6.45, 7) is 3.84. The number of halogens is 1. The highest BCUT2D eigenvalue weighted by Crippen LogP contribution is 2.17. The molecular formula is C12H15ClN2O3. The Balaban J connectivity index is 2.59. The van der Waals surface area contributed by atoms with Crippen LogP contribution in [0.15, 0.2) is 24.3 Å². The van der Waals surface area contributed by atoms with E-state index in [1.165, 1.54) is 12.1 Å². The molecule has 1 rings (SSSR count). The highest BCUT2D eigenvalue weighted by molar-refractivity contribution is 6.19. The predicted molar refractivity (Wildman–Crippen MR) is 69.4 cm³/mol. The van der Waals surface area contributed by atoms with Crippen LogP contribution < -0.4 is 5.32 Å². The second-order valence-corrected chi connectivity index (χ2v) is 4.89. The molecule has 0 unspecified atom stereocenters. The maximum Gasteiger partial charge on any atom is 0.269 e. The van der Waals surface area contributed by atoms with Gasteiger partial charge in [0.2, 0.25) is 5.91 Å². The number of rotatable bonds is 5. The van der Waals surface area contributed by atoms with Gasteiger partial charge in [-0.25, -0.2) is 0 Å². The van der Waals surface area contributed by atoms with Crippen LogP contribution in [0.4, 0.5) is 5.69 Å². The van der Waals surface area contributed by atoms with Gasteiger partial charge in [-0.3, -0.25) is 14.9 Å². The molecule has 1 aromatic rings. The second-order valence-electron chi connectivity index (χ2n) is 4.62. The molecule has 1 amide bonds. The average molecular weight is 271 g/mol. The van der Waals surface area contributed by atoms with Gasteiger partial charge in [-0.05, 0) is 19.4 Å². The molecule has 0 atom stereocenters. The van der Waals surface area contributed by atoms with Crippen LogP contribution in [0.5, 0.6) is 0 Å². The van der Waals surface area contributed by atoms with Crippen LogP contribution in [0.25, 0.3) is 0 Å². The highest BCUT2D eigenvalue weighted by atomic mass is 35.5. The van der Waals surface area contributed by atoms with Crippen LogP contribution in [0.2, 0.25) is 0 Å². The zero-order chi connectivity index (χ0) is 13.8. The van der Waals surface area contributed by atoms with Crippen molar-refractivity contribution in [2.24, 2.45) is 5.41 Å². The van der Waals surface area contributed by atoms with Crippen molar-refractivity contribution < 1.29 is 9.72 Å². The highest BCUT2D eigenvalue weighted by Gasteiger charge is 2.25. The Kier molecular flexibility index (Phi) is 4.67. The van der Waals surface area contributed by atoms with Crippen molar-refractivity contribution in [1.29, 1.82) is 0 Å². The van der Waals surface area contributed by atoms with Gasteiger partial charge in [-0.2, -0.15) is 0 Å². The Morgan fingerprint density at radius 2 is 1.94 bits per heavy atom. The molecule has 0 radical (unpaired) electrons. The number of benzene rings is 1. The summed E-state index contributed by atoms with van der Waals surface area (Å²) < 4.78 is 0. The lowest BCUT2D eigenvalue weighted by molar-refractivity contribution is -0.384. The first-order chi connectivity index (χ1) is 8.36. The molecule has 0 fully saturated rings. The normalized spacial score (nSPS) is 11.1. The Morgan fingerprint density at radius 1 is 1.39 bits per heavy atom. The zero-order valence-corrected chi connectivity index (χ0v) is 11.0. The number of carbonyl (C=O) groups is 1. The molecule has 0 aliphatic carbocycles. The van der Waals surface area contributed by atoms with Crippen LogP contribution in [0.1, 0.15) is 19.4 Å². The van der Waals surface area contributed by atoms with Crippen molar-refractivity contribution in [3.05, 3.63) is 39.9 Å². The molecule has 0 aromatic heterocycles. The van der Waals surface area contributed by atoms with Crippen molar-refractivity contribution in [1.82, 2.24) is 5.32 Å². The molecule has 0 aliphatic heterocycles. The summed E-state index contributed by atoms with van der Waals surface area (Å²) in [5, 5.41) is 13.2. The summed E-state index contributed by atoms with van der Waals surface area (Å²) in [5.74, 6) is 0.0925. The molecule has 0 saturated carbocycles. The first-order valence-electron chi connectivity index (χ1n) is 5.44. The third-order valence-corrected chi connectivity index (χ3v) is 3.22. The molecule has 18 heavy (non-hydrogen) atoms. The molecule has 0 heterocycles. The number of carbonyl (C=O) groups excluding carboxylic acids is 1. The Morgan fingerprint density at radius 3 is 2.39 bits per heavy atom. The first kappa shape index (κ1) is 14.4. The average Bonchev–Trinajstić information content (AvgIpc) is 2.36. The Labute approximate surface area is 110 Å². The van der Waals surface area contributed by atoms with Gasteiger partial charge in [0.1, 0.15) is 0 Å².